The first-order valence-electron chi connectivity index (χ1n) is 3.99. The van der Waals surface area contributed by atoms with Crippen LogP contribution in [0.4, 0.5) is 4.39 Å². The Morgan fingerprint density at radius 3 is 2.15 bits per heavy atom. The molecular formula is C10H13FO2. The third-order valence-electron chi connectivity index (χ3n) is 2.14. The second kappa shape index (κ2) is 3.85. The van der Waals surface area contributed by atoms with Crippen molar-refractivity contribution in [1.29, 1.82) is 0 Å². The predicted molar refractivity (Wildman–Crippen MR) is 47.8 cm³/mol. The van der Waals surface area contributed by atoms with Crippen molar-refractivity contribution >= 4 is 0 Å². The normalized spacial score (nSPS) is 11.7. The van der Waals surface area contributed by atoms with Gasteiger partial charge >= 0.3 is 0 Å². The Bertz CT molecular complexity index is 282. The summed E-state index contributed by atoms with van der Waals surface area (Å²) in [6, 6.07) is 6.40. The molecule has 0 bridgehead atoms. The van der Waals surface area contributed by atoms with E-state index in [4.69, 9.17) is 9.47 Å². The van der Waals surface area contributed by atoms with Crippen LogP contribution in [0.3, 0.4) is 0 Å². The van der Waals surface area contributed by atoms with Crippen molar-refractivity contribution in [2.24, 2.45) is 0 Å². The lowest BCUT2D eigenvalue weighted by Gasteiger charge is -2.26. The molecule has 72 valence electrons. The molecule has 0 saturated carbocycles. The monoisotopic (exact) mass is 184 g/mol. The third kappa shape index (κ3) is 1.87. The van der Waals surface area contributed by atoms with Gasteiger partial charge in [-0.25, -0.2) is 4.39 Å². The van der Waals surface area contributed by atoms with Gasteiger partial charge in [0.05, 0.1) is 0 Å². The van der Waals surface area contributed by atoms with Crippen molar-refractivity contribution in [2.75, 3.05) is 14.2 Å². The zero-order chi connectivity index (χ0) is 9.90. The number of rotatable bonds is 3. The number of halogens is 1. The lowest BCUT2D eigenvalue weighted by atomic mass is 10.1. The first-order valence-corrected chi connectivity index (χ1v) is 3.99. The summed E-state index contributed by atoms with van der Waals surface area (Å²) >= 11 is 0. The lowest BCUT2D eigenvalue weighted by Crippen LogP contribution is -2.27. The van der Waals surface area contributed by atoms with Crippen LogP contribution in [0.2, 0.25) is 0 Å². The van der Waals surface area contributed by atoms with E-state index in [1.165, 1.54) is 20.3 Å². The maximum Gasteiger partial charge on any atom is 0.194 e. The van der Waals surface area contributed by atoms with Crippen LogP contribution in [-0.2, 0) is 15.3 Å². The zero-order valence-electron chi connectivity index (χ0n) is 8.00. The molecule has 0 spiro atoms. The molecule has 13 heavy (non-hydrogen) atoms. The van der Waals surface area contributed by atoms with Gasteiger partial charge in [0, 0.05) is 19.8 Å². The zero-order valence-corrected chi connectivity index (χ0v) is 8.00. The number of methoxy groups -OCH3 is 2. The molecular weight excluding hydrogens is 171 g/mol. The summed E-state index contributed by atoms with van der Waals surface area (Å²) in [5, 5.41) is 0. The summed E-state index contributed by atoms with van der Waals surface area (Å²) in [7, 11) is 2.96. The molecule has 0 atom stereocenters. The van der Waals surface area contributed by atoms with Crippen LogP contribution in [-0.4, -0.2) is 14.2 Å². The van der Waals surface area contributed by atoms with Crippen molar-refractivity contribution in [3.05, 3.63) is 35.6 Å². The van der Waals surface area contributed by atoms with Gasteiger partial charge in [0.15, 0.2) is 5.79 Å². The highest BCUT2D eigenvalue weighted by atomic mass is 19.1. The van der Waals surface area contributed by atoms with Gasteiger partial charge in [-0.3, -0.25) is 0 Å². The minimum Gasteiger partial charge on any atom is -0.349 e. The van der Waals surface area contributed by atoms with Gasteiger partial charge in [0.2, 0.25) is 0 Å². The van der Waals surface area contributed by atoms with E-state index in [0.717, 1.165) is 0 Å². The molecule has 0 aromatic heterocycles. The van der Waals surface area contributed by atoms with Gasteiger partial charge in [-0.05, 0) is 13.0 Å². The predicted octanol–water partition coefficient (Wildman–Crippen LogP) is 2.29. The summed E-state index contributed by atoms with van der Waals surface area (Å²) in [5.41, 5.74) is 0.403. The molecule has 1 rings (SSSR count). The molecule has 2 nitrogen and oxygen atoms in total. The fourth-order valence-corrected chi connectivity index (χ4v) is 1.13. The molecule has 0 aliphatic rings. The quantitative estimate of drug-likeness (QED) is 0.671. The standard InChI is InChI=1S/C10H13FO2/c1-10(12-2,13-3)8-6-4-5-7-9(8)11/h4-7H,1-3H3. The summed E-state index contributed by atoms with van der Waals surface area (Å²) < 4.78 is 23.5. The van der Waals surface area contributed by atoms with E-state index in [-0.39, 0.29) is 5.82 Å². The van der Waals surface area contributed by atoms with Crippen molar-refractivity contribution in [3.8, 4) is 0 Å². The Hall–Kier alpha value is -0.930. The molecule has 0 saturated heterocycles. The smallest absolute Gasteiger partial charge is 0.194 e. The minimum absolute atomic E-state index is 0.325. The molecule has 0 radical (unpaired) electrons. The summed E-state index contributed by atoms with van der Waals surface area (Å²) in [5.74, 6) is -1.33. The Morgan fingerprint density at radius 2 is 1.69 bits per heavy atom. The summed E-state index contributed by atoms with van der Waals surface area (Å²) in [4.78, 5) is 0. The average molecular weight is 184 g/mol. The Kier molecular flexibility index (Phi) is 3.01. The Morgan fingerprint density at radius 1 is 1.15 bits per heavy atom. The van der Waals surface area contributed by atoms with E-state index in [2.05, 4.69) is 0 Å². The van der Waals surface area contributed by atoms with Crippen LogP contribution in [0.25, 0.3) is 0 Å². The van der Waals surface area contributed by atoms with Gasteiger partial charge in [0.25, 0.3) is 0 Å². The Balaban J connectivity index is 3.12. The van der Waals surface area contributed by atoms with Crippen LogP contribution in [0.1, 0.15) is 12.5 Å². The van der Waals surface area contributed by atoms with Crippen molar-refractivity contribution in [1.82, 2.24) is 0 Å². The minimum atomic E-state index is -1.01. The van der Waals surface area contributed by atoms with Gasteiger partial charge in [-0.15, -0.1) is 0 Å². The van der Waals surface area contributed by atoms with E-state index in [1.54, 1.807) is 25.1 Å². The molecule has 0 heterocycles. The summed E-state index contributed by atoms with van der Waals surface area (Å²) in [6.07, 6.45) is 0. The molecule has 0 amide bonds. The number of hydrogen-bond acceptors (Lipinski definition) is 2. The first-order chi connectivity index (χ1) is 6.14. The fourth-order valence-electron chi connectivity index (χ4n) is 1.13. The topological polar surface area (TPSA) is 18.5 Å². The van der Waals surface area contributed by atoms with Crippen molar-refractivity contribution in [2.45, 2.75) is 12.7 Å². The number of hydrogen-bond donors (Lipinski definition) is 0. The van der Waals surface area contributed by atoms with Crippen LogP contribution < -0.4 is 0 Å². The molecule has 0 N–H and O–H groups in total. The maximum atomic E-state index is 13.3. The van der Waals surface area contributed by atoms with E-state index in [0.29, 0.717) is 5.56 Å². The fraction of sp³-hybridized carbons (Fsp3) is 0.400. The van der Waals surface area contributed by atoms with Crippen LogP contribution >= 0.6 is 0 Å². The molecule has 3 heteroatoms. The first kappa shape index (κ1) is 10.2. The molecule has 1 aromatic rings. The third-order valence-corrected chi connectivity index (χ3v) is 2.14. The highest BCUT2D eigenvalue weighted by Crippen LogP contribution is 2.27. The van der Waals surface area contributed by atoms with Crippen LogP contribution in [0, 0.1) is 5.82 Å². The molecule has 0 aliphatic heterocycles. The number of benzene rings is 1. The van der Waals surface area contributed by atoms with E-state index in [9.17, 15) is 4.39 Å². The van der Waals surface area contributed by atoms with Crippen LogP contribution in [0.5, 0.6) is 0 Å². The van der Waals surface area contributed by atoms with Gasteiger partial charge < -0.3 is 9.47 Å². The van der Waals surface area contributed by atoms with Crippen LogP contribution in [0.15, 0.2) is 24.3 Å². The molecule has 1 aromatic carbocycles. The molecule has 0 unspecified atom stereocenters. The second-order valence-corrected chi connectivity index (χ2v) is 2.83. The van der Waals surface area contributed by atoms with E-state index < -0.39 is 5.79 Å². The Labute approximate surface area is 77.3 Å². The summed E-state index contributed by atoms with van der Waals surface area (Å²) in [6.45, 7) is 1.67. The van der Waals surface area contributed by atoms with Gasteiger partial charge in [-0.1, -0.05) is 18.2 Å². The largest absolute Gasteiger partial charge is 0.349 e. The van der Waals surface area contributed by atoms with E-state index >= 15 is 0 Å². The van der Waals surface area contributed by atoms with E-state index in [1.807, 2.05) is 0 Å². The SMILES string of the molecule is COC(C)(OC)c1ccccc1F. The lowest BCUT2D eigenvalue weighted by molar-refractivity contribution is -0.203. The highest BCUT2D eigenvalue weighted by Gasteiger charge is 2.28. The molecule has 0 aliphatic carbocycles. The highest BCUT2D eigenvalue weighted by molar-refractivity contribution is 5.21. The van der Waals surface area contributed by atoms with Crippen molar-refractivity contribution in [3.63, 3.8) is 0 Å². The molecule has 0 fully saturated rings. The van der Waals surface area contributed by atoms with Gasteiger partial charge in [0.1, 0.15) is 5.82 Å². The second-order valence-electron chi connectivity index (χ2n) is 2.83. The van der Waals surface area contributed by atoms with Crippen molar-refractivity contribution < 1.29 is 13.9 Å². The maximum absolute atomic E-state index is 13.3. The number of ether oxygens (including phenoxy) is 2. The average Bonchev–Trinajstić information content (AvgIpc) is 2.17. The van der Waals surface area contributed by atoms with Gasteiger partial charge in [-0.2, -0.15) is 0 Å².